The predicted octanol–water partition coefficient (Wildman–Crippen LogP) is 3.12. The number of amides is 2. The largest absolute Gasteiger partial charge is 0.388 e. The predicted molar refractivity (Wildman–Crippen MR) is 111 cm³/mol. The molecule has 3 aliphatic rings. The Morgan fingerprint density at radius 3 is 2.62 bits per heavy atom. The molecule has 2 aromatic rings. The highest BCUT2D eigenvalue weighted by atomic mass is 16.7. The van der Waals surface area contributed by atoms with Gasteiger partial charge in [0.25, 0.3) is 11.8 Å². The van der Waals surface area contributed by atoms with Crippen LogP contribution in [0.5, 0.6) is 0 Å². The normalized spacial score (nSPS) is 20.4. The Bertz CT molecular complexity index is 988. The van der Waals surface area contributed by atoms with Gasteiger partial charge in [0, 0.05) is 44.5 Å². The average Bonchev–Trinajstić information content (AvgIpc) is 3.51. The molecule has 0 bridgehead atoms. The van der Waals surface area contributed by atoms with Gasteiger partial charge in [-0.3, -0.25) is 9.59 Å². The molecule has 6 heteroatoms. The Morgan fingerprint density at radius 1 is 1.10 bits per heavy atom. The maximum absolute atomic E-state index is 13.0. The van der Waals surface area contributed by atoms with E-state index in [0.717, 1.165) is 17.3 Å². The zero-order chi connectivity index (χ0) is 19.8. The second-order valence-corrected chi connectivity index (χ2v) is 8.50. The van der Waals surface area contributed by atoms with E-state index < -0.39 is 5.60 Å². The molecule has 5 rings (SSSR count). The van der Waals surface area contributed by atoms with Crippen LogP contribution in [0.3, 0.4) is 0 Å². The summed E-state index contributed by atoms with van der Waals surface area (Å²) in [5, 5.41) is 9.23. The smallest absolute Gasteiger partial charge is 0.269 e. The molecule has 29 heavy (non-hydrogen) atoms. The molecule has 1 saturated heterocycles. The third kappa shape index (κ3) is 3.71. The number of benzene rings is 2. The van der Waals surface area contributed by atoms with Gasteiger partial charge in [-0.15, -0.1) is 0 Å². The first-order valence-corrected chi connectivity index (χ1v) is 10.4. The highest BCUT2D eigenvalue weighted by molar-refractivity contribution is 6.39. The molecule has 2 aliphatic heterocycles. The van der Waals surface area contributed by atoms with Gasteiger partial charge in [0.1, 0.15) is 11.3 Å². The Morgan fingerprint density at radius 2 is 1.86 bits per heavy atom. The maximum atomic E-state index is 13.0. The first kappa shape index (κ1) is 18.2. The van der Waals surface area contributed by atoms with Crippen LogP contribution < -0.4 is 5.32 Å². The molecule has 2 amide bonds. The lowest BCUT2D eigenvalue weighted by atomic mass is 9.86. The third-order valence-corrected chi connectivity index (χ3v) is 6.31. The molecule has 0 aromatic heterocycles. The minimum Gasteiger partial charge on any atom is -0.388 e. The number of fused-ring (bicyclic) bond motifs is 1. The van der Waals surface area contributed by atoms with E-state index in [1.807, 2.05) is 47.4 Å². The number of hydrogen-bond acceptors (Lipinski definition) is 4. The number of nitrogens with one attached hydrogen (secondary N) is 1. The fourth-order valence-corrected chi connectivity index (χ4v) is 4.19. The lowest BCUT2D eigenvalue weighted by molar-refractivity contribution is -0.115. The lowest BCUT2D eigenvalue weighted by Crippen LogP contribution is -2.47. The number of rotatable bonds is 4. The maximum Gasteiger partial charge on any atom is 0.269 e. The van der Waals surface area contributed by atoms with Crippen LogP contribution in [-0.4, -0.2) is 47.7 Å². The molecule has 1 saturated carbocycles. The van der Waals surface area contributed by atoms with Crippen molar-refractivity contribution in [2.24, 2.45) is 11.1 Å². The first-order chi connectivity index (χ1) is 14.1. The summed E-state index contributed by atoms with van der Waals surface area (Å²) >= 11 is 0. The molecule has 0 radical (unpaired) electrons. The van der Waals surface area contributed by atoms with E-state index in [4.69, 9.17) is 4.84 Å². The van der Waals surface area contributed by atoms with Gasteiger partial charge in [-0.1, -0.05) is 35.5 Å². The molecule has 1 aliphatic carbocycles. The van der Waals surface area contributed by atoms with Crippen molar-refractivity contribution in [1.29, 1.82) is 0 Å². The Hall–Kier alpha value is -2.89. The van der Waals surface area contributed by atoms with Crippen LogP contribution in [0.2, 0.25) is 0 Å². The van der Waals surface area contributed by atoms with Gasteiger partial charge in [0.05, 0.1) is 0 Å². The summed E-state index contributed by atoms with van der Waals surface area (Å²) in [5.41, 5.74) is 0.759. The van der Waals surface area contributed by atoms with Gasteiger partial charge in [-0.05, 0) is 41.7 Å². The molecule has 2 aromatic carbocycles. The first-order valence-electron chi connectivity index (χ1n) is 10.4. The lowest BCUT2D eigenvalue weighted by Gasteiger charge is -2.37. The van der Waals surface area contributed by atoms with Gasteiger partial charge >= 0.3 is 0 Å². The number of nitrogens with zero attached hydrogens (tertiary/aromatic N) is 2. The van der Waals surface area contributed by atoms with Crippen LogP contribution in [0.1, 0.15) is 42.5 Å². The summed E-state index contributed by atoms with van der Waals surface area (Å²) < 4.78 is 0. The van der Waals surface area contributed by atoms with E-state index in [2.05, 4.69) is 10.5 Å². The molecular formula is C23H25N3O3. The van der Waals surface area contributed by atoms with Crippen LogP contribution >= 0.6 is 0 Å². The van der Waals surface area contributed by atoms with E-state index in [0.29, 0.717) is 49.5 Å². The van der Waals surface area contributed by atoms with Crippen molar-refractivity contribution < 1.29 is 14.4 Å². The molecule has 0 unspecified atom stereocenters. The minimum absolute atomic E-state index is 0.0481. The molecule has 2 heterocycles. The van der Waals surface area contributed by atoms with Crippen molar-refractivity contribution >= 4 is 28.3 Å². The Balaban J connectivity index is 1.19. The van der Waals surface area contributed by atoms with Gasteiger partial charge < -0.3 is 15.1 Å². The second-order valence-electron chi connectivity index (χ2n) is 8.50. The van der Waals surface area contributed by atoms with Crippen LogP contribution in [0.4, 0.5) is 0 Å². The van der Waals surface area contributed by atoms with Crippen LogP contribution in [0, 0.1) is 5.92 Å². The van der Waals surface area contributed by atoms with Crippen molar-refractivity contribution in [2.45, 2.75) is 37.7 Å². The molecule has 1 N–H and O–H groups in total. The van der Waals surface area contributed by atoms with Gasteiger partial charge in [0.2, 0.25) is 0 Å². The van der Waals surface area contributed by atoms with Crippen molar-refractivity contribution in [3.8, 4) is 0 Å². The standard InChI is InChI=1S/C23H25N3O3/c27-21(24-15-16-5-6-16)20-14-23(29-25-20)9-11-26(12-10-23)22(28)19-8-7-17-3-1-2-4-18(17)13-19/h1-4,7-8,13,16H,5-6,9-12,14-15H2,(H,24,27). The third-order valence-electron chi connectivity index (χ3n) is 6.31. The van der Waals surface area contributed by atoms with Crippen molar-refractivity contribution in [2.75, 3.05) is 19.6 Å². The van der Waals surface area contributed by atoms with Gasteiger partial charge in [0.15, 0.2) is 0 Å². The number of oxime groups is 1. The van der Waals surface area contributed by atoms with Crippen molar-refractivity contribution in [3.63, 3.8) is 0 Å². The molecule has 150 valence electrons. The summed E-state index contributed by atoms with van der Waals surface area (Å²) in [5.74, 6) is 0.579. The Labute approximate surface area is 169 Å². The molecule has 0 atom stereocenters. The number of likely N-dealkylation sites (tertiary alicyclic amines) is 1. The summed E-state index contributed by atoms with van der Waals surface area (Å²) in [6.45, 7) is 1.95. The van der Waals surface area contributed by atoms with Crippen LogP contribution in [-0.2, 0) is 9.63 Å². The number of hydrogen-bond donors (Lipinski definition) is 1. The van der Waals surface area contributed by atoms with Crippen LogP contribution in [0.15, 0.2) is 47.6 Å². The van der Waals surface area contributed by atoms with Crippen molar-refractivity contribution in [3.05, 3.63) is 48.0 Å². The van der Waals surface area contributed by atoms with Crippen LogP contribution in [0.25, 0.3) is 10.8 Å². The van der Waals surface area contributed by atoms with Gasteiger partial charge in [-0.2, -0.15) is 0 Å². The second kappa shape index (κ2) is 7.17. The Kier molecular flexibility index (Phi) is 4.49. The average molecular weight is 391 g/mol. The summed E-state index contributed by atoms with van der Waals surface area (Å²) in [4.78, 5) is 32.8. The quantitative estimate of drug-likeness (QED) is 0.871. The topological polar surface area (TPSA) is 71.0 Å². The molecule has 1 spiro atoms. The molecule has 6 nitrogen and oxygen atoms in total. The van der Waals surface area contributed by atoms with E-state index in [9.17, 15) is 9.59 Å². The monoisotopic (exact) mass is 391 g/mol. The highest BCUT2D eigenvalue weighted by Crippen LogP contribution is 2.35. The number of piperidine rings is 1. The van der Waals surface area contributed by atoms with Gasteiger partial charge in [-0.25, -0.2) is 0 Å². The zero-order valence-electron chi connectivity index (χ0n) is 16.4. The number of carbonyl (C=O) groups excluding carboxylic acids is 2. The fraction of sp³-hybridized carbons (Fsp3) is 0.435. The van der Waals surface area contributed by atoms with E-state index in [1.165, 1.54) is 12.8 Å². The molecular weight excluding hydrogens is 366 g/mol. The zero-order valence-corrected chi connectivity index (χ0v) is 16.4. The minimum atomic E-state index is -0.438. The summed E-state index contributed by atoms with van der Waals surface area (Å²) in [7, 11) is 0. The number of carbonyl (C=O) groups is 2. The SMILES string of the molecule is O=C(NCC1CC1)C1=NOC2(CCN(C(=O)c3ccc4ccccc4c3)CC2)C1. The summed E-state index contributed by atoms with van der Waals surface area (Å²) in [6, 6.07) is 13.9. The molecule has 2 fully saturated rings. The van der Waals surface area contributed by atoms with E-state index >= 15 is 0 Å². The van der Waals surface area contributed by atoms with E-state index in [1.54, 1.807) is 0 Å². The van der Waals surface area contributed by atoms with E-state index in [-0.39, 0.29) is 11.8 Å². The fourth-order valence-electron chi connectivity index (χ4n) is 4.19. The highest BCUT2D eigenvalue weighted by Gasteiger charge is 2.44. The van der Waals surface area contributed by atoms with Crippen molar-refractivity contribution in [1.82, 2.24) is 10.2 Å². The summed E-state index contributed by atoms with van der Waals surface area (Å²) in [6.07, 6.45) is 4.31.